The van der Waals surface area contributed by atoms with Crippen LogP contribution in [-0.4, -0.2) is 23.4 Å². The zero-order valence-corrected chi connectivity index (χ0v) is 10.4. The van der Waals surface area contributed by atoms with E-state index in [1.54, 1.807) is 0 Å². The minimum atomic E-state index is 0.0931. The lowest BCUT2D eigenvalue weighted by molar-refractivity contribution is -0.128. The van der Waals surface area contributed by atoms with Gasteiger partial charge in [0.25, 0.3) is 0 Å². The second-order valence-corrected chi connectivity index (χ2v) is 5.18. The SMILES string of the molecule is Cc1ccc(C2NCC(=O)N2C2CC2)c(C)c1. The van der Waals surface area contributed by atoms with Crippen LogP contribution in [0.1, 0.15) is 35.7 Å². The number of nitrogens with one attached hydrogen (secondary N) is 1. The lowest BCUT2D eigenvalue weighted by Gasteiger charge is -2.26. The molecule has 1 N–H and O–H groups in total. The van der Waals surface area contributed by atoms with Gasteiger partial charge < -0.3 is 4.90 Å². The number of carbonyl (C=O) groups excluding carboxylic acids is 1. The molecule has 3 rings (SSSR count). The Hall–Kier alpha value is -1.35. The van der Waals surface area contributed by atoms with Crippen LogP contribution in [0.25, 0.3) is 0 Å². The Bertz CT molecular complexity index is 465. The summed E-state index contributed by atoms with van der Waals surface area (Å²) in [7, 11) is 0. The summed E-state index contributed by atoms with van der Waals surface area (Å²) in [6.45, 7) is 4.70. The average Bonchev–Trinajstić information content (AvgIpc) is 3.03. The van der Waals surface area contributed by atoms with Crippen molar-refractivity contribution in [2.75, 3.05) is 6.54 Å². The summed E-state index contributed by atoms with van der Waals surface area (Å²) >= 11 is 0. The Kier molecular flexibility index (Phi) is 2.44. The Labute approximate surface area is 102 Å². The molecule has 1 saturated carbocycles. The van der Waals surface area contributed by atoms with E-state index in [2.05, 4.69) is 37.4 Å². The average molecular weight is 230 g/mol. The van der Waals surface area contributed by atoms with Crippen LogP contribution < -0.4 is 5.32 Å². The first-order valence-electron chi connectivity index (χ1n) is 6.28. The fourth-order valence-corrected chi connectivity index (χ4v) is 2.68. The Balaban J connectivity index is 1.94. The van der Waals surface area contributed by atoms with Gasteiger partial charge >= 0.3 is 0 Å². The highest BCUT2D eigenvalue weighted by Gasteiger charge is 2.41. The maximum Gasteiger partial charge on any atom is 0.238 e. The fraction of sp³-hybridized carbons (Fsp3) is 0.500. The van der Waals surface area contributed by atoms with Crippen LogP contribution in [0.15, 0.2) is 18.2 Å². The second kappa shape index (κ2) is 3.84. The van der Waals surface area contributed by atoms with Crippen molar-refractivity contribution < 1.29 is 4.79 Å². The van der Waals surface area contributed by atoms with Crippen molar-refractivity contribution in [2.24, 2.45) is 0 Å². The molecule has 2 fully saturated rings. The molecule has 0 spiro atoms. The number of aryl methyl sites for hydroxylation is 2. The minimum absolute atomic E-state index is 0.0931. The first kappa shape index (κ1) is 10.8. The van der Waals surface area contributed by atoms with E-state index in [4.69, 9.17) is 0 Å². The van der Waals surface area contributed by atoms with E-state index in [1.807, 2.05) is 4.90 Å². The van der Waals surface area contributed by atoms with Gasteiger partial charge in [-0.1, -0.05) is 23.8 Å². The number of amides is 1. The number of carbonyl (C=O) groups is 1. The predicted molar refractivity (Wildman–Crippen MR) is 66.5 cm³/mol. The summed E-state index contributed by atoms with van der Waals surface area (Å²) in [5.41, 5.74) is 3.78. The molecule has 0 bridgehead atoms. The molecule has 1 amide bonds. The van der Waals surface area contributed by atoms with Crippen molar-refractivity contribution in [1.29, 1.82) is 0 Å². The Morgan fingerprint density at radius 3 is 2.71 bits per heavy atom. The van der Waals surface area contributed by atoms with Crippen LogP contribution in [0.2, 0.25) is 0 Å². The van der Waals surface area contributed by atoms with Crippen molar-refractivity contribution in [1.82, 2.24) is 10.2 Å². The molecule has 17 heavy (non-hydrogen) atoms. The molecule has 1 unspecified atom stereocenters. The van der Waals surface area contributed by atoms with Gasteiger partial charge in [0.2, 0.25) is 5.91 Å². The maximum absolute atomic E-state index is 11.9. The van der Waals surface area contributed by atoms with Gasteiger partial charge in [-0.15, -0.1) is 0 Å². The number of benzene rings is 1. The first-order chi connectivity index (χ1) is 8.16. The zero-order valence-electron chi connectivity index (χ0n) is 10.4. The zero-order chi connectivity index (χ0) is 12.0. The molecule has 0 aromatic heterocycles. The van der Waals surface area contributed by atoms with Crippen molar-refractivity contribution >= 4 is 5.91 Å². The normalized spacial score (nSPS) is 24.5. The van der Waals surface area contributed by atoms with E-state index in [9.17, 15) is 4.79 Å². The summed E-state index contributed by atoms with van der Waals surface area (Å²) in [6, 6.07) is 6.93. The van der Waals surface area contributed by atoms with E-state index in [-0.39, 0.29) is 12.1 Å². The van der Waals surface area contributed by atoms with E-state index in [0.717, 1.165) is 12.8 Å². The standard InChI is InChI=1S/C14H18N2O/c1-9-3-6-12(10(2)7-9)14-15-8-13(17)16(14)11-4-5-11/h3,6-7,11,14-15H,4-5,8H2,1-2H3. The van der Waals surface area contributed by atoms with Crippen LogP contribution in [-0.2, 0) is 4.79 Å². The minimum Gasteiger partial charge on any atom is -0.319 e. The molecule has 1 atom stereocenters. The summed E-state index contributed by atoms with van der Waals surface area (Å²) in [4.78, 5) is 13.9. The topological polar surface area (TPSA) is 32.3 Å². The summed E-state index contributed by atoms with van der Waals surface area (Å²) in [5.74, 6) is 0.248. The molecule has 2 aliphatic rings. The van der Waals surface area contributed by atoms with Gasteiger partial charge in [-0.2, -0.15) is 0 Å². The highest BCUT2D eigenvalue weighted by atomic mass is 16.2. The molecule has 1 heterocycles. The van der Waals surface area contributed by atoms with E-state index < -0.39 is 0 Å². The van der Waals surface area contributed by atoms with Crippen molar-refractivity contribution in [2.45, 2.75) is 38.9 Å². The lowest BCUT2D eigenvalue weighted by atomic mass is 10.0. The smallest absolute Gasteiger partial charge is 0.238 e. The van der Waals surface area contributed by atoms with Gasteiger partial charge in [0.1, 0.15) is 6.17 Å². The third-order valence-corrected chi connectivity index (χ3v) is 3.67. The van der Waals surface area contributed by atoms with Crippen LogP contribution in [0, 0.1) is 13.8 Å². The van der Waals surface area contributed by atoms with Gasteiger partial charge in [-0.25, -0.2) is 0 Å². The second-order valence-electron chi connectivity index (χ2n) is 5.18. The first-order valence-corrected chi connectivity index (χ1v) is 6.28. The van der Waals surface area contributed by atoms with Gasteiger partial charge in [0.15, 0.2) is 0 Å². The Morgan fingerprint density at radius 1 is 1.29 bits per heavy atom. The largest absolute Gasteiger partial charge is 0.319 e. The van der Waals surface area contributed by atoms with E-state index in [0.29, 0.717) is 12.6 Å². The molecule has 3 heteroatoms. The molecule has 1 aromatic carbocycles. The maximum atomic E-state index is 11.9. The van der Waals surface area contributed by atoms with Gasteiger partial charge in [0.05, 0.1) is 6.54 Å². The predicted octanol–water partition coefficient (Wildman–Crippen LogP) is 1.90. The van der Waals surface area contributed by atoms with Gasteiger partial charge in [-0.3, -0.25) is 10.1 Å². The highest BCUT2D eigenvalue weighted by molar-refractivity contribution is 5.81. The van der Waals surface area contributed by atoms with Gasteiger partial charge in [-0.05, 0) is 37.8 Å². The lowest BCUT2D eigenvalue weighted by Crippen LogP contribution is -2.32. The third kappa shape index (κ3) is 1.84. The van der Waals surface area contributed by atoms with E-state index >= 15 is 0 Å². The van der Waals surface area contributed by atoms with Crippen LogP contribution >= 0.6 is 0 Å². The molecule has 90 valence electrons. The monoisotopic (exact) mass is 230 g/mol. The summed E-state index contributed by atoms with van der Waals surface area (Å²) < 4.78 is 0. The number of hydrogen-bond donors (Lipinski definition) is 1. The molecule has 0 radical (unpaired) electrons. The number of hydrogen-bond acceptors (Lipinski definition) is 2. The third-order valence-electron chi connectivity index (χ3n) is 3.67. The van der Waals surface area contributed by atoms with Crippen LogP contribution in [0.3, 0.4) is 0 Å². The van der Waals surface area contributed by atoms with Crippen molar-refractivity contribution in [3.8, 4) is 0 Å². The van der Waals surface area contributed by atoms with Crippen molar-refractivity contribution in [3.05, 3.63) is 34.9 Å². The summed E-state index contributed by atoms with van der Waals surface area (Å²) in [5, 5.41) is 3.33. The van der Waals surface area contributed by atoms with Gasteiger partial charge in [0, 0.05) is 6.04 Å². The van der Waals surface area contributed by atoms with Crippen LogP contribution in [0.4, 0.5) is 0 Å². The molecule has 1 aliphatic heterocycles. The molecule has 1 aliphatic carbocycles. The fourth-order valence-electron chi connectivity index (χ4n) is 2.68. The quantitative estimate of drug-likeness (QED) is 0.841. The molecule has 1 saturated heterocycles. The number of nitrogens with zero attached hydrogens (tertiary/aromatic N) is 1. The molecule has 3 nitrogen and oxygen atoms in total. The molecular weight excluding hydrogens is 212 g/mol. The Morgan fingerprint density at radius 2 is 2.06 bits per heavy atom. The number of rotatable bonds is 2. The molecular formula is C14H18N2O. The van der Waals surface area contributed by atoms with E-state index in [1.165, 1.54) is 16.7 Å². The van der Waals surface area contributed by atoms with Crippen molar-refractivity contribution in [3.63, 3.8) is 0 Å². The summed E-state index contributed by atoms with van der Waals surface area (Å²) in [6.07, 6.45) is 2.42. The highest BCUT2D eigenvalue weighted by Crippen LogP contribution is 2.36. The molecule has 1 aromatic rings. The van der Waals surface area contributed by atoms with Crippen LogP contribution in [0.5, 0.6) is 0 Å².